The molecule has 1 N–H and O–H groups in total. The van der Waals surface area contributed by atoms with Gasteiger partial charge in [-0.25, -0.2) is 9.18 Å². The minimum absolute atomic E-state index is 0.367. The van der Waals surface area contributed by atoms with Gasteiger partial charge in [-0.1, -0.05) is 11.8 Å². The Morgan fingerprint density at radius 1 is 1.15 bits per heavy atom. The number of aromatic carboxylic acids is 1. The molecule has 0 radical (unpaired) electrons. The van der Waals surface area contributed by atoms with Gasteiger partial charge in [0, 0.05) is 23.5 Å². The monoisotopic (exact) mass is 266 g/mol. The topological polar surface area (TPSA) is 74.0 Å². The van der Waals surface area contributed by atoms with E-state index >= 15 is 0 Å². The van der Waals surface area contributed by atoms with Crippen molar-refractivity contribution in [3.8, 4) is 17.9 Å². The molecule has 96 valence electrons. The number of rotatable bonds is 1. The molecule has 1 heterocycles. The zero-order valence-corrected chi connectivity index (χ0v) is 10.1. The lowest BCUT2D eigenvalue weighted by molar-refractivity contribution is 0.0692. The molecule has 4 nitrogen and oxygen atoms in total. The lowest BCUT2D eigenvalue weighted by Crippen LogP contribution is -2.00. The molecule has 0 aliphatic heterocycles. The van der Waals surface area contributed by atoms with E-state index in [2.05, 4.69) is 16.8 Å². The molecule has 0 amide bonds. The van der Waals surface area contributed by atoms with Crippen LogP contribution in [0.2, 0.25) is 0 Å². The summed E-state index contributed by atoms with van der Waals surface area (Å²) in [4.78, 5) is 14.6. The van der Waals surface area contributed by atoms with E-state index < -0.39 is 17.3 Å². The average Bonchev–Trinajstić information content (AvgIpc) is 2.46. The molecule has 0 fully saturated rings. The Morgan fingerprint density at radius 2 is 1.85 bits per heavy atom. The number of hydrogen-bond donors (Lipinski definition) is 1. The van der Waals surface area contributed by atoms with Crippen molar-refractivity contribution in [2.45, 2.75) is 0 Å². The Balaban J connectivity index is 2.36. The minimum Gasteiger partial charge on any atom is -0.478 e. The summed E-state index contributed by atoms with van der Waals surface area (Å²) in [6.07, 6.45) is 2.89. The summed E-state index contributed by atoms with van der Waals surface area (Å²) in [7, 11) is 0. The fourth-order valence-corrected chi connectivity index (χ4v) is 1.48. The Kier molecular flexibility index (Phi) is 3.74. The van der Waals surface area contributed by atoms with Crippen LogP contribution in [0.3, 0.4) is 0 Å². The number of aromatic nitrogens is 1. The van der Waals surface area contributed by atoms with Crippen molar-refractivity contribution in [2.24, 2.45) is 0 Å². The number of pyridine rings is 1. The van der Waals surface area contributed by atoms with Crippen LogP contribution in [0.15, 0.2) is 36.7 Å². The number of carbonyl (C=O) groups is 1. The first-order valence-corrected chi connectivity index (χ1v) is 5.50. The van der Waals surface area contributed by atoms with E-state index in [9.17, 15) is 9.18 Å². The number of nitriles is 1. The molecule has 1 aromatic heterocycles. The molecule has 0 spiro atoms. The second-order valence-corrected chi connectivity index (χ2v) is 3.82. The van der Waals surface area contributed by atoms with Gasteiger partial charge in [-0.05, 0) is 24.3 Å². The minimum atomic E-state index is -1.35. The van der Waals surface area contributed by atoms with Crippen molar-refractivity contribution in [3.63, 3.8) is 0 Å². The highest BCUT2D eigenvalue weighted by Crippen LogP contribution is 2.10. The standard InChI is InChI=1S/C15H7FN2O2/c16-14-4-3-10(6-13(14)15(19)20)1-2-11-5-12(7-17)9-18-8-11/h3-6,8-9H,(H,19,20). The third-order valence-electron chi connectivity index (χ3n) is 2.42. The zero-order valence-electron chi connectivity index (χ0n) is 10.1. The van der Waals surface area contributed by atoms with Gasteiger partial charge in [-0.2, -0.15) is 5.26 Å². The van der Waals surface area contributed by atoms with Gasteiger partial charge in [-0.3, -0.25) is 4.98 Å². The SMILES string of the molecule is N#Cc1cncc(C#Cc2ccc(F)c(C(=O)O)c2)c1. The van der Waals surface area contributed by atoms with E-state index in [4.69, 9.17) is 10.4 Å². The quantitative estimate of drug-likeness (QED) is 0.803. The molecule has 2 aromatic rings. The number of benzene rings is 1. The molecule has 1 aromatic carbocycles. The molecule has 0 atom stereocenters. The normalized spacial score (nSPS) is 9.20. The maximum Gasteiger partial charge on any atom is 0.338 e. The van der Waals surface area contributed by atoms with E-state index in [1.807, 2.05) is 6.07 Å². The fraction of sp³-hybridized carbons (Fsp3) is 0. The van der Waals surface area contributed by atoms with Gasteiger partial charge < -0.3 is 5.11 Å². The van der Waals surface area contributed by atoms with Crippen LogP contribution in [-0.4, -0.2) is 16.1 Å². The first-order valence-electron chi connectivity index (χ1n) is 5.50. The van der Waals surface area contributed by atoms with Crippen molar-refractivity contribution in [3.05, 3.63) is 64.7 Å². The van der Waals surface area contributed by atoms with Gasteiger partial charge in [0.1, 0.15) is 11.9 Å². The molecule has 20 heavy (non-hydrogen) atoms. The molecule has 0 aliphatic carbocycles. The number of halogens is 1. The molecule has 5 heteroatoms. The zero-order chi connectivity index (χ0) is 14.5. The van der Waals surface area contributed by atoms with Crippen LogP contribution in [0.4, 0.5) is 4.39 Å². The number of hydrogen-bond acceptors (Lipinski definition) is 3. The molecule has 0 unspecified atom stereocenters. The van der Waals surface area contributed by atoms with Gasteiger partial charge >= 0.3 is 5.97 Å². The van der Waals surface area contributed by atoms with E-state index in [0.29, 0.717) is 16.7 Å². The summed E-state index contributed by atoms with van der Waals surface area (Å²) in [5.74, 6) is 3.29. The predicted octanol–water partition coefficient (Wildman–Crippen LogP) is 2.19. The fourth-order valence-electron chi connectivity index (χ4n) is 1.48. The Morgan fingerprint density at radius 3 is 2.55 bits per heavy atom. The first kappa shape index (κ1) is 13.3. The van der Waals surface area contributed by atoms with Crippen LogP contribution in [0, 0.1) is 29.0 Å². The molecule has 0 saturated heterocycles. The second kappa shape index (κ2) is 5.64. The van der Waals surface area contributed by atoms with Gasteiger partial charge in [0.25, 0.3) is 0 Å². The lowest BCUT2D eigenvalue weighted by Gasteiger charge is -1.97. The Bertz CT molecular complexity index is 782. The number of carboxylic acids is 1. The van der Waals surface area contributed by atoms with Crippen molar-refractivity contribution in [1.29, 1.82) is 5.26 Å². The van der Waals surface area contributed by atoms with Crippen molar-refractivity contribution in [1.82, 2.24) is 4.98 Å². The molecule has 2 rings (SSSR count). The Labute approximate surface area is 114 Å². The van der Waals surface area contributed by atoms with E-state index in [1.165, 1.54) is 18.5 Å². The second-order valence-electron chi connectivity index (χ2n) is 3.82. The first-order chi connectivity index (χ1) is 9.60. The van der Waals surface area contributed by atoms with Crippen LogP contribution in [0.5, 0.6) is 0 Å². The van der Waals surface area contributed by atoms with E-state index in [0.717, 1.165) is 12.1 Å². The van der Waals surface area contributed by atoms with E-state index in [1.54, 1.807) is 6.07 Å². The maximum absolute atomic E-state index is 13.2. The summed E-state index contributed by atoms with van der Waals surface area (Å²) in [5.41, 5.74) is 0.833. The van der Waals surface area contributed by atoms with Crippen LogP contribution in [-0.2, 0) is 0 Å². The van der Waals surface area contributed by atoms with Gasteiger partial charge in [0.05, 0.1) is 11.1 Å². The van der Waals surface area contributed by atoms with Crippen LogP contribution >= 0.6 is 0 Å². The van der Waals surface area contributed by atoms with Crippen LogP contribution < -0.4 is 0 Å². The lowest BCUT2D eigenvalue weighted by atomic mass is 10.1. The largest absolute Gasteiger partial charge is 0.478 e. The smallest absolute Gasteiger partial charge is 0.338 e. The summed E-state index contributed by atoms with van der Waals surface area (Å²) in [5, 5.41) is 17.5. The third-order valence-corrected chi connectivity index (χ3v) is 2.42. The van der Waals surface area contributed by atoms with Crippen LogP contribution in [0.25, 0.3) is 0 Å². The Hall–Kier alpha value is -3.18. The highest BCUT2D eigenvalue weighted by molar-refractivity contribution is 5.88. The van der Waals surface area contributed by atoms with Gasteiger partial charge in [0.15, 0.2) is 0 Å². The molecular formula is C15H7FN2O2. The highest BCUT2D eigenvalue weighted by atomic mass is 19.1. The number of carboxylic acid groups (broad SMARTS) is 1. The maximum atomic E-state index is 13.2. The van der Waals surface area contributed by atoms with Crippen molar-refractivity contribution < 1.29 is 14.3 Å². The van der Waals surface area contributed by atoms with Crippen LogP contribution in [0.1, 0.15) is 27.0 Å². The molecular weight excluding hydrogens is 259 g/mol. The molecule has 0 bridgehead atoms. The molecule has 0 saturated carbocycles. The van der Waals surface area contributed by atoms with Crippen molar-refractivity contribution >= 4 is 5.97 Å². The predicted molar refractivity (Wildman–Crippen MR) is 68.3 cm³/mol. The summed E-state index contributed by atoms with van der Waals surface area (Å²) in [6.45, 7) is 0. The number of nitrogens with zero attached hydrogens (tertiary/aromatic N) is 2. The highest BCUT2D eigenvalue weighted by Gasteiger charge is 2.09. The van der Waals surface area contributed by atoms with Gasteiger partial charge in [0.2, 0.25) is 0 Å². The summed E-state index contributed by atoms with van der Waals surface area (Å²) in [6, 6.07) is 7.09. The van der Waals surface area contributed by atoms with Crippen molar-refractivity contribution in [2.75, 3.05) is 0 Å². The summed E-state index contributed by atoms with van der Waals surface area (Å²) < 4.78 is 13.2. The summed E-state index contributed by atoms with van der Waals surface area (Å²) >= 11 is 0. The molecule has 0 aliphatic rings. The third kappa shape index (κ3) is 2.98. The van der Waals surface area contributed by atoms with Gasteiger partial charge in [-0.15, -0.1) is 0 Å². The van der Waals surface area contributed by atoms with E-state index in [-0.39, 0.29) is 0 Å². The average molecular weight is 266 g/mol.